The molecular formula is C13H11BrClNO2. The standard InChI is InChI=1S/C13H11BrClNO2/c1-18-13(17)5-9-10-4-8(6-14)7-16-12(10)3-2-11(9)15/h2-4,7H,5-6H2,1H3. The second-order valence-electron chi connectivity index (χ2n) is 3.82. The molecule has 0 aliphatic heterocycles. The number of hydrogen-bond donors (Lipinski definition) is 0. The van der Waals surface area contributed by atoms with Crippen LogP contribution in [0.25, 0.3) is 10.9 Å². The molecular weight excluding hydrogens is 318 g/mol. The molecule has 0 atom stereocenters. The Morgan fingerprint density at radius 2 is 2.28 bits per heavy atom. The van der Waals surface area contributed by atoms with E-state index in [4.69, 9.17) is 11.6 Å². The maximum Gasteiger partial charge on any atom is 0.310 e. The van der Waals surface area contributed by atoms with Crippen LogP contribution in [0.5, 0.6) is 0 Å². The molecule has 0 saturated heterocycles. The van der Waals surface area contributed by atoms with Gasteiger partial charge in [-0.25, -0.2) is 0 Å². The number of alkyl halides is 1. The molecule has 0 saturated carbocycles. The molecule has 0 bridgehead atoms. The summed E-state index contributed by atoms with van der Waals surface area (Å²) in [6.07, 6.45) is 1.95. The van der Waals surface area contributed by atoms with Crippen molar-refractivity contribution in [2.75, 3.05) is 7.11 Å². The fourth-order valence-electron chi connectivity index (χ4n) is 1.74. The van der Waals surface area contributed by atoms with Gasteiger partial charge < -0.3 is 4.74 Å². The lowest BCUT2D eigenvalue weighted by molar-refractivity contribution is -0.139. The molecule has 1 aromatic carbocycles. The predicted octanol–water partition coefficient (Wildman–Crippen LogP) is 3.50. The molecule has 3 nitrogen and oxygen atoms in total. The van der Waals surface area contributed by atoms with E-state index in [1.807, 2.05) is 12.1 Å². The third kappa shape index (κ3) is 2.65. The monoisotopic (exact) mass is 327 g/mol. The Morgan fingerprint density at radius 1 is 1.50 bits per heavy atom. The Morgan fingerprint density at radius 3 is 2.94 bits per heavy atom. The van der Waals surface area contributed by atoms with Gasteiger partial charge in [0.25, 0.3) is 0 Å². The Kier molecular flexibility index (Phi) is 4.19. The van der Waals surface area contributed by atoms with Crippen LogP contribution < -0.4 is 0 Å². The normalized spacial score (nSPS) is 10.6. The molecule has 0 aliphatic carbocycles. The van der Waals surface area contributed by atoms with Crippen LogP contribution in [-0.4, -0.2) is 18.1 Å². The van der Waals surface area contributed by atoms with E-state index in [1.54, 1.807) is 12.3 Å². The summed E-state index contributed by atoms with van der Waals surface area (Å²) in [5.74, 6) is -0.311. The van der Waals surface area contributed by atoms with Gasteiger partial charge in [0.15, 0.2) is 0 Å². The topological polar surface area (TPSA) is 39.2 Å². The van der Waals surface area contributed by atoms with Gasteiger partial charge in [0.1, 0.15) is 0 Å². The summed E-state index contributed by atoms with van der Waals surface area (Å²) in [7, 11) is 1.36. The van der Waals surface area contributed by atoms with Crippen LogP contribution >= 0.6 is 27.5 Å². The van der Waals surface area contributed by atoms with Gasteiger partial charge in [-0.2, -0.15) is 0 Å². The zero-order valence-electron chi connectivity index (χ0n) is 9.74. The predicted molar refractivity (Wildman–Crippen MR) is 75.1 cm³/mol. The number of aromatic nitrogens is 1. The highest BCUT2D eigenvalue weighted by Crippen LogP contribution is 2.27. The van der Waals surface area contributed by atoms with E-state index in [1.165, 1.54) is 7.11 Å². The number of carbonyl (C=O) groups excluding carboxylic acids is 1. The fraction of sp³-hybridized carbons (Fsp3) is 0.231. The third-order valence-electron chi connectivity index (χ3n) is 2.68. The quantitative estimate of drug-likeness (QED) is 0.639. The number of esters is 1. The zero-order chi connectivity index (χ0) is 13.1. The molecule has 0 fully saturated rings. The number of hydrogen-bond acceptors (Lipinski definition) is 3. The maximum atomic E-state index is 11.4. The van der Waals surface area contributed by atoms with Gasteiger partial charge in [0, 0.05) is 21.9 Å². The van der Waals surface area contributed by atoms with E-state index < -0.39 is 0 Å². The first-order valence-electron chi connectivity index (χ1n) is 5.34. The molecule has 0 N–H and O–H groups in total. The number of ether oxygens (including phenoxy) is 1. The van der Waals surface area contributed by atoms with Crippen LogP contribution in [0.4, 0.5) is 0 Å². The lowest BCUT2D eigenvalue weighted by Crippen LogP contribution is -2.05. The highest BCUT2D eigenvalue weighted by atomic mass is 79.9. The van der Waals surface area contributed by atoms with Gasteiger partial charge >= 0.3 is 5.97 Å². The molecule has 5 heteroatoms. The van der Waals surface area contributed by atoms with E-state index in [-0.39, 0.29) is 12.4 Å². The van der Waals surface area contributed by atoms with Crippen LogP contribution in [-0.2, 0) is 21.3 Å². The summed E-state index contributed by atoms with van der Waals surface area (Å²) in [5.41, 5.74) is 2.62. The van der Waals surface area contributed by atoms with E-state index in [2.05, 4.69) is 25.7 Å². The van der Waals surface area contributed by atoms with Crippen molar-refractivity contribution in [2.24, 2.45) is 0 Å². The lowest BCUT2D eigenvalue weighted by Gasteiger charge is -2.08. The Balaban J connectivity index is 2.60. The first-order valence-corrected chi connectivity index (χ1v) is 6.84. The summed E-state index contributed by atoms with van der Waals surface area (Å²) in [5, 5.41) is 2.16. The van der Waals surface area contributed by atoms with E-state index in [0.717, 1.165) is 22.0 Å². The first kappa shape index (κ1) is 13.3. The highest BCUT2D eigenvalue weighted by Gasteiger charge is 2.12. The average Bonchev–Trinajstić information content (AvgIpc) is 2.41. The molecule has 18 heavy (non-hydrogen) atoms. The van der Waals surface area contributed by atoms with Gasteiger partial charge in [-0.3, -0.25) is 9.78 Å². The fourth-order valence-corrected chi connectivity index (χ4v) is 2.28. The van der Waals surface area contributed by atoms with Gasteiger partial charge in [0.2, 0.25) is 0 Å². The molecule has 1 heterocycles. The van der Waals surface area contributed by atoms with Gasteiger partial charge in [-0.15, -0.1) is 0 Å². The van der Waals surface area contributed by atoms with Crippen molar-refractivity contribution in [1.82, 2.24) is 4.98 Å². The zero-order valence-corrected chi connectivity index (χ0v) is 12.1. The highest BCUT2D eigenvalue weighted by molar-refractivity contribution is 9.08. The number of methoxy groups -OCH3 is 1. The summed E-state index contributed by atoms with van der Waals surface area (Å²) in [6, 6.07) is 5.58. The number of carbonyl (C=O) groups is 1. The number of nitrogens with zero attached hydrogens (tertiary/aromatic N) is 1. The van der Waals surface area contributed by atoms with Crippen molar-refractivity contribution in [3.05, 3.63) is 40.5 Å². The SMILES string of the molecule is COC(=O)Cc1c(Cl)ccc2ncc(CBr)cc12. The van der Waals surface area contributed by atoms with Crippen LogP contribution in [0.1, 0.15) is 11.1 Å². The van der Waals surface area contributed by atoms with Crippen LogP contribution in [0.15, 0.2) is 24.4 Å². The largest absolute Gasteiger partial charge is 0.469 e. The summed E-state index contributed by atoms with van der Waals surface area (Å²) < 4.78 is 4.69. The van der Waals surface area contributed by atoms with Crippen molar-refractivity contribution in [2.45, 2.75) is 11.8 Å². The number of rotatable bonds is 3. The smallest absolute Gasteiger partial charge is 0.310 e. The molecule has 0 spiro atoms. The Bertz CT molecular complexity index is 601. The lowest BCUT2D eigenvalue weighted by atomic mass is 10.0. The van der Waals surface area contributed by atoms with E-state index >= 15 is 0 Å². The number of fused-ring (bicyclic) bond motifs is 1. The van der Waals surface area contributed by atoms with Crippen molar-refractivity contribution in [1.29, 1.82) is 0 Å². The van der Waals surface area contributed by atoms with E-state index in [0.29, 0.717) is 10.4 Å². The molecule has 0 aliphatic rings. The minimum absolute atomic E-state index is 0.153. The molecule has 2 aromatic rings. The molecule has 94 valence electrons. The third-order valence-corrected chi connectivity index (χ3v) is 3.68. The van der Waals surface area contributed by atoms with Gasteiger partial charge in [-0.05, 0) is 29.3 Å². The number of pyridine rings is 1. The van der Waals surface area contributed by atoms with Crippen molar-refractivity contribution < 1.29 is 9.53 Å². The maximum absolute atomic E-state index is 11.4. The second-order valence-corrected chi connectivity index (χ2v) is 4.79. The average molecular weight is 329 g/mol. The van der Waals surface area contributed by atoms with Gasteiger partial charge in [0.05, 0.1) is 19.0 Å². The van der Waals surface area contributed by atoms with Crippen LogP contribution in [0, 0.1) is 0 Å². The minimum Gasteiger partial charge on any atom is -0.469 e. The van der Waals surface area contributed by atoms with Crippen molar-refractivity contribution in [3.8, 4) is 0 Å². The van der Waals surface area contributed by atoms with Gasteiger partial charge in [-0.1, -0.05) is 27.5 Å². The summed E-state index contributed by atoms with van der Waals surface area (Å²) in [4.78, 5) is 15.8. The molecule has 0 unspecified atom stereocenters. The molecule has 2 rings (SSSR count). The van der Waals surface area contributed by atoms with Crippen molar-refractivity contribution >= 4 is 44.4 Å². The minimum atomic E-state index is -0.311. The van der Waals surface area contributed by atoms with Crippen molar-refractivity contribution in [3.63, 3.8) is 0 Å². The summed E-state index contributed by atoms with van der Waals surface area (Å²) in [6.45, 7) is 0. The molecule has 0 radical (unpaired) electrons. The van der Waals surface area contributed by atoms with Crippen LogP contribution in [0.2, 0.25) is 5.02 Å². The Hall–Kier alpha value is -1.13. The second kappa shape index (κ2) is 5.67. The first-order chi connectivity index (χ1) is 8.65. The number of halogens is 2. The van der Waals surface area contributed by atoms with Crippen LogP contribution in [0.3, 0.4) is 0 Å². The molecule has 0 amide bonds. The number of benzene rings is 1. The van der Waals surface area contributed by atoms with E-state index in [9.17, 15) is 4.79 Å². The summed E-state index contributed by atoms with van der Waals surface area (Å²) >= 11 is 9.54. The molecule has 1 aromatic heterocycles. The Labute approximate surface area is 118 Å².